The first kappa shape index (κ1) is 12.6. The third-order valence-electron chi connectivity index (χ3n) is 2.82. The van der Waals surface area contributed by atoms with Crippen molar-refractivity contribution in [1.29, 1.82) is 0 Å². The fraction of sp³-hybridized carbons (Fsp3) is 0.308. The largest absolute Gasteiger partial charge is 0.313 e. The number of benzene rings is 1. The van der Waals surface area contributed by atoms with Gasteiger partial charge in [-0.15, -0.1) is 11.3 Å². The zero-order valence-electron chi connectivity index (χ0n) is 9.90. The monoisotopic (exact) mass is 266 g/mol. The van der Waals surface area contributed by atoms with Crippen LogP contribution in [-0.2, 0) is 6.42 Å². The van der Waals surface area contributed by atoms with Gasteiger partial charge < -0.3 is 5.32 Å². The molecular weight excluding hydrogens is 252 g/mol. The van der Waals surface area contributed by atoms with Crippen LogP contribution in [0.25, 0.3) is 0 Å². The highest BCUT2D eigenvalue weighted by atomic mass is 35.5. The highest BCUT2D eigenvalue weighted by Crippen LogP contribution is 2.24. The second-order valence-corrected chi connectivity index (χ2v) is 5.40. The minimum Gasteiger partial charge on any atom is -0.313 e. The summed E-state index contributed by atoms with van der Waals surface area (Å²) in [7, 11) is 1.98. The fourth-order valence-corrected chi connectivity index (χ4v) is 2.57. The Bertz CT molecular complexity index is 482. The van der Waals surface area contributed by atoms with Crippen LogP contribution in [0, 0.1) is 6.92 Å². The number of likely N-dealkylation sites (N-methyl/N-ethyl adjacent to an activating group) is 1. The molecule has 2 nitrogen and oxygen atoms in total. The molecule has 0 bridgehead atoms. The van der Waals surface area contributed by atoms with Crippen molar-refractivity contribution >= 4 is 22.9 Å². The van der Waals surface area contributed by atoms with Gasteiger partial charge in [0.25, 0.3) is 0 Å². The van der Waals surface area contributed by atoms with Gasteiger partial charge in [-0.25, -0.2) is 0 Å². The van der Waals surface area contributed by atoms with Crippen LogP contribution in [0.3, 0.4) is 0 Å². The Hall–Kier alpha value is -0.900. The molecule has 0 spiro atoms. The van der Waals surface area contributed by atoms with Crippen molar-refractivity contribution in [2.24, 2.45) is 0 Å². The van der Waals surface area contributed by atoms with E-state index in [2.05, 4.69) is 22.4 Å². The van der Waals surface area contributed by atoms with Crippen molar-refractivity contribution in [3.63, 3.8) is 0 Å². The van der Waals surface area contributed by atoms with E-state index in [1.807, 2.05) is 31.7 Å². The van der Waals surface area contributed by atoms with Crippen LogP contribution in [0.1, 0.15) is 22.0 Å². The van der Waals surface area contributed by atoms with Crippen LogP contribution in [-0.4, -0.2) is 12.0 Å². The number of rotatable bonds is 4. The van der Waals surface area contributed by atoms with Gasteiger partial charge in [0.05, 0.1) is 5.51 Å². The van der Waals surface area contributed by atoms with Crippen molar-refractivity contribution in [2.75, 3.05) is 7.05 Å². The maximum absolute atomic E-state index is 6.04. The summed E-state index contributed by atoms with van der Waals surface area (Å²) in [5.41, 5.74) is 4.26. The van der Waals surface area contributed by atoms with Crippen molar-refractivity contribution in [3.05, 3.63) is 50.9 Å². The topological polar surface area (TPSA) is 24.9 Å². The molecule has 0 aliphatic rings. The molecule has 2 aromatic rings. The zero-order chi connectivity index (χ0) is 12.3. The Labute approximate surface area is 111 Å². The third-order valence-corrected chi connectivity index (χ3v) is 4.05. The highest BCUT2D eigenvalue weighted by molar-refractivity contribution is 7.09. The van der Waals surface area contributed by atoms with Crippen LogP contribution in [0.15, 0.2) is 29.9 Å². The molecule has 1 heterocycles. The standard InChI is InChI=1S/C13H15ClN2S/c1-9-5-10(3-4-12(9)14)13(15-2)6-11-7-16-8-17-11/h3-5,7-8,13,15H,6H2,1-2H3. The molecule has 0 aliphatic carbocycles. The molecule has 0 amide bonds. The molecule has 1 atom stereocenters. The number of nitrogens with zero attached hydrogens (tertiary/aromatic N) is 1. The Morgan fingerprint density at radius 2 is 2.29 bits per heavy atom. The summed E-state index contributed by atoms with van der Waals surface area (Å²) in [6, 6.07) is 6.50. The Kier molecular flexibility index (Phi) is 4.15. The quantitative estimate of drug-likeness (QED) is 0.915. The number of hydrogen-bond donors (Lipinski definition) is 1. The predicted octanol–water partition coefficient (Wildman–Crippen LogP) is 3.61. The summed E-state index contributed by atoms with van der Waals surface area (Å²) < 4.78 is 0. The predicted molar refractivity (Wildman–Crippen MR) is 73.8 cm³/mol. The molecule has 17 heavy (non-hydrogen) atoms. The third kappa shape index (κ3) is 3.06. The van der Waals surface area contributed by atoms with E-state index in [1.54, 1.807) is 11.3 Å². The van der Waals surface area contributed by atoms with Gasteiger partial charge in [-0.1, -0.05) is 23.7 Å². The molecule has 0 radical (unpaired) electrons. The number of aromatic nitrogens is 1. The van der Waals surface area contributed by atoms with Gasteiger partial charge in [0.15, 0.2) is 0 Å². The molecule has 0 saturated heterocycles. The number of thiazole rings is 1. The lowest BCUT2D eigenvalue weighted by atomic mass is 10.0. The van der Waals surface area contributed by atoms with E-state index in [1.165, 1.54) is 10.4 Å². The Balaban J connectivity index is 2.20. The average Bonchev–Trinajstić information content (AvgIpc) is 2.82. The molecule has 4 heteroatoms. The summed E-state index contributed by atoms with van der Waals surface area (Å²) >= 11 is 7.73. The lowest BCUT2D eigenvalue weighted by Crippen LogP contribution is -2.18. The van der Waals surface area contributed by atoms with Gasteiger partial charge >= 0.3 is 0 Å². The summed E-state index contributed by atoms with van der Waals surface area (Å²) in [4.78, 5) is 5.39. The maximum Gasteiger partial charge on any atom is 0.0794 e. The summed E-state index contributed by atoms with van der Waals surface area (Å²) in [5, 5.41) is 4.16. The lowest BCUT2D eigenvalue weighted by molar-refractivity contribution is 0.596. The van der Waals surface area contributed by atoms with E-state index >= 15 is 0 Å². The van der Waals surface area contributed by atoms with Gasteiger partial charge in [-0.3, -0.25) is 4.98 Å². The average molecular weight is 267 g/mol. The second kappa shape index (κ2) is 5.63. The number of hydrogen-bond acceptors (Lipinski definition) is 3. The molecule has 2 rings (SSSR count). The molecule has 0 saturated carbocycles. The Morgan fingerprint density at radius 1 is 1.47 bits per heavy atom. The first-order chi connectivity index (χ1) is 8.20. The minimum atomic E-state index is 0.311. The first-order valence-electron chi connectivity index (χ1n) is 5.51. The smallest absolute Gasteiger partial charge is 0.0794 e. The van der Waals surface area contributed by atoms with Crippen LogP contribution in [0.4, 0.5) is 0 Å². The van der Waals surface area contributed by atoms with E-state index in [0.717, 1.165) is 17.0 Å². The van der Waals surface area contributed by atoms with E-state index < -0.39 is 0 Å². The number of nitrogens with one attached hydrogen (secondary N) is 1. The fourth-order valence-electron chi connectivity index (χ4n) is 1.82. The lowest BCUT2D eigenvalue weighted by Gasteiger charge is -2.16. The van der Waals surface area contributed by atoms with Crippen molar-refractivity contribution < 1.29 is 0 Å². The van der Waals surface area contributed by atoms with Crippen LogP contribution in [0.5, 0.6) is 0 Å². The summed E-state index contributed by atoms with van der Waals surface area (Å²) in [6.45, 7) is 2.03. The molecule has 1 unspecified atom stereocenters. The molecular formula is C13H15ClN2S. The normalized spacial score (nSPS) is 12.6. The van der Waals surface area contributed by atoms with Crippen LogP contribution in [0.2, 0.25) is 5.02 Å². The van der Waals surface area contributed by atoms with Gasteiger partial charge in [-0.2, -0.15) is 0 Å². The summed E-state index contributed by atoms with van der Waals surface area (Å²) in [6.07, 6.45) is 2.89. The van der Waals surface area contributed by atoms with Gasteiger partial charge in [0.1, 0.15) is 0 Å². The molecule has 1 aromatic heterocycles. The molecule has 0 aliphatic heterocycles. The molecule has 1 aromatic carbocycles. The molecule has 90 valence electrons. The SMILES string of the molecule is CNC(Cc1cncs1)c1ccc(Cl)c(C)c1. The number of aryl methyl sites for hydroxylation is 1. The second-order valence-electron chi connectivity index (χ2n) is 4.02. The van der Waals surface area contributed by atoms with Crippen molar-refractivity contribution in [3.8, 4) is 0 Å². The first-order valence-corrected chi connectivity index (χ1v) is 6.77. The van der Waals surface area contributed by atoms with Gasteiger partial charge in [0, 0.05) is 28.6 Å². The number of halogens is 1. The molecule has 0 fully saturated rings. The van der Waals surface area contributed by atoms with Crippen molar-refractivity contribution in [1.82, 2.24) is 10.3 Å². The Morgan fingerprint density at radius 3 is 2.88 bits per heavy atom. The summed E-state index contributed by atoms with van der Waals surface area (Å²) in [5.74, 6) is 0. The maximum atomic E-state index is 6.04. The zero-order valence-corrected chi connectivity index (χ0v) is 11.5. The molecule has 1 N–H and O–H groups in total. The van der Waals surface area contributed by atoms with Gasteiger partial charge in [0.2, 0.25) is 0 Å². The van der Waals surface area contributed by atoms with E-state index in [4.69, 9.17) is 11.6 Å². The van der Waals surface area contributed by atoms with Crippen LogP contribution >= 0.6 is 22.9 Å². The van der Waals surface area contributed by atoms with E-state index in [-0.39, 0.29) is 0 Å². The van der Waals surface area contributed by atoms with Crippen LogP contribution < -0.4 is 5.32 Å². The van der Waals surface area contributed by atoms with Gasteiger partial charge in [-0.05, 0) is 31.2 Å². The van der Waals surface area contributed by atoms with E-state index in [0.29, 0.717) is 6.04 Å². The highest BCUT2D eigenvalue weighted by Gasteiger charge is 2.11. The van der Waals surface area contributed by atoms with Crippen molar-refractivity contribution in [2.45, 2.75) is 19.4 Å². The minimum absolute atomic E-state index is 0.311. The van der Waals surface area contributed by atoms with E-state index in [9.17, 15) is 0 Å².